The van der Waals surface area contributed by atoms with Crippen LogP contribution in [0.4, 0.5) is 49.5 Å². The van der Waals surface area contributed by atoms with Gasteiger partial charge in [-0.25, -0.2) is 94.5 Å². The number of fused-ring (bicyclic) bond motifs is 15. The topological polar surface area (TPSA) is 373 Å². The van der Waals surface area contributed by atoms with Gasteiger partial charge in [-0.15, -0.1) is 0 Å². The molecule has 31 nitrogen and oxygen atoms in total. The van der Waals surface area contributed by atoms with Crippen LogP contribution in [-0.2, 0) is 116 Å². The van der Waals surface area contributed by atoms with Crippen molar-refractivity contribution in [3.05, 3.63) is 127 Å². The van der Waals surface area contributed by atoms with Crippen molar-refractivity contribution in [1.82, 2.24) is 65.5 Å². The Morgan fingerprint density at radius 2 is 0.812 bits per heavy atom. The van der Waals surface area contributed by atoms with Gasteiger partial charge in [-0.3, -0.25) is 14.4 Å². The van der Waals surface area contributed by atoms with Crippen molar-refractivity contribution in [3.8, 4) is 46.6 Å². The molecule has 5 aromatic heterocycles. The van der Waals surface area contributed by atoms with Crippen LogP contribution < -0.4 is 44.4 Å². The molecule has 3 saturated carbocycles. The molecule has 11 heterocycles. The van der Waals surface area contributed by atoms with Crippen LogP contribution in [0.3, 0.4) is 0 Å². The fourth-order valence-corrected chi connectivity index (χ4v) is 19.6. The summed E-state index contributed by atoms with van der Waals surface area (Å²) in [6, 6.07) is 14.5. The van der Waals surface area contributed by atoms with E-state index in [1.807, 2.05) is 39.6 Å². The van der Waals surface area contributed by atoms with Gasteiger partial charge in [-0.1, -0.05) is 127 Å². The van der Waals surface area contributed by atoms with Gasteiger partial charge < -0.3 is 87.7 Å². The summed E-state index contributed by atoms with van der Waals surface area (Å²) in [5.74, 6) is -13.2. The van der Waals surface area contributed by atoms with Crippen molar-refractivity contribution < 1.29 is 177 Å². The van der Waals surface area contributed by atoms with Crippen LogP contribution in [0, 0.1) is 51.8 Å². The Bertz CT molecular complexity index is 5980. The minimum absolute atomic E-state index is 0. The zero-order chi connectivity index (χ0) is 102. The van der Waals surface area contributed by atoms with Crippen LogP contribution in [0.15, 0.2) is 110 Å². The fourth-order valence-electron chi connectivity index (χ4n) is 19.6. The molecule has 42 heteroatoms. The molecule has 18 atom stereocenters. The van der Waals surface area contributed by atoms with Crippen molar-refractivity contribution in [2.75, 3.05) is 19.6 Å². The molecular weight excluding hydrogens is 2000 g/mol. The van der Waals surface area contributed by atoms with E-state index >= 15 is 26.3 Å². The largest absolute Gasteiger partial charge is 0.540 e. The van der Waals surface area contributed by atoms with E-state index in [0.29, 0.717) is 109 Å². The van der Waals surface area contributed by atoms with Crippen molar-refractivity contribution in [3.63, 3.8) is 0 Å². The van der Waals surface area contributed by atoms with Gasteiger partial charge in [-0.2, -0.15) is 8.78 Å². The smallest absolute Gasteiger partial charge is 0.408 e. The van der Waals surface area contributed by atoms with E-state index in [0.717, 1.165) is 0 Å². The molecule has 9 aliphatic rings. The first-order valence-corrected chi connectivity index (χ1v) is 47.9. The second-order valence-corrected chi connectivity index (χ2v) is 42.0. The van der Waals surface area contributed by atoms with E-state index in [4.69, 9.17) is 37.9 Å². The molecule has 6 aliphatic heterocycles. The molecular formula is C102H118F8N13O18V3-3. The normalized spacial score (nSPS) is 28.6. The third kappa shape index (κ3) is 25.7. The van der Waals surface area contributed by atoms with Crippen molar-refractivity contribution in [2.45, 2.75) is 296 Å². The third-order valence-corrected chi connectivity index (χ3v) is 28.4. The summed E-state index contributed by atoms with van der Waals surface area (Å²) in [5, 5.41) is 9.38. The average molecular weight is 2120 g/mol. The van der Waals surface area contributed by atoms with Gasteiger partial charge in [0, 0.05) is 146 Å². The maximum atomic E-state index is 16.2. The Morgan fingerprint density at radius 1 is 0.458 bits per heavy atom. The van der Waals surface area contributed by atoms with Crippen LogP contribution in [-0.4, -0.2) is 203 Å². The number of nitrogens with zero attached hydrogens (tertiary/aromatic N) is 10. The summed E-state index contributed by atoms with van der Waals surface area (Å²) in [7, 11) is 0. The van der Waals surface area contributed by atoms with Crippen LogP contribution in [0.5, 0.6) is 46.6 Å². The van der Waals surface area contributed by atoms with E-state index < -0.39 is 191 Å². The molecule has 0 spiro atoms. The number of aromatic nitrogens is 7. The number of halogens is 8. The van der Waals surface area contributed by atoms with Gasteiger partial charge in [0.15, 0.2) is 0 Å². The quantitative estimate of drug-likeness (QED) is 0.0650. The Hall–Kier alpha value is -10.7. The monoisotopic (exact) mass is 2120 g/mol. The first-order chi connectivity index (χ1) is 66.6. The number of hydrogen-bond donors (Lipinski definition) is 3. The van der Waals surface area contributed by atoms with Crippen molar-refractivity contribution in [2.24, 2.45) is 51.8 Å². The van der Waals surface area contributed by atoms with Crippen LogP contribution in [0.25, 0.3) is 32.7 Å². The maximum absolute atomic E-state index is 16.2. The number of nitrogens with one attached hydrogen (secondary N) is 3. The van der Waals surface area contributed by atoms with Crippen molar-refractivity contribution in [1.29, 1.82) is 0 Å². The molecule has 0 unspecified atom stereocenters. The SMILES string of the molecule is CC[C@@H]1[C@@H]2CN(C(=O)[C@H](C(C)(C)C)NC(=O)O[C@]3(C)C[C@H]3CCCCC(F)(F)c3cc4ccc(Oc5ccncn5)cc4nc3O2)[C@@H]1[C-]=O.C[C@@H]1[C@@H]2CN(C(=O)[C@H](C(C)(C)C)NC(=O)O[C@@H]3C[C@H]3CCCCC(F)(F)c3cc4ccc(OC(F)F)cc4nc3O2)[C@@H]1[C-]=O.C[C@@H]1[C@@H]2CN(C(=O)[C@H](C(C)(C)C)NC(=O)O[C@]3(C)C[C@H]3CCCCC(F)(F)c3cc4ccc(Oc5ccncn5)cc4nc3O2)[C@@H]1[C-]=O.[V].[V].[V]. The van der Waals surface area contributed by atoms with E-state index in [1.54, 1.807) is 125 Å². The first-order valence-electron chi connectivity index (χ1n) is 47.9. The van der Waals surface area contributed by atoms with Gasteiger partial charge in [0.1, 0.15) is 83.6 Å². The number of alkyl carbamates (subject to hydrolysis) is 3. The Kier molecular flexibility index (Phi) is 34.9. The molecule has 3 aromatic carbocycles. The van der Waals surface area contributed by atoms with Crippen LogP contribution >= 0.6 is 0 Å². The molecule has 6 amide bonds. The number of alkyl halides is 8. The molecule has 6 bridgehead atoms. The molecule has 3 radical (unpaired) electrons. The number of carbonyl (C=O) groups excluding carboxylic acids is 9. The third-order valence-electron chi connectivity index (χ3n) is 28.4. The number of hydrogen-bond acceptors (Lipinski definition) is 25. The van der Waals surface area contributed by atoms with Crippen molar-refractivity contribution >= 4 is 87.6 Å². The van der Waals surface area contributed by atoms with E-state index in [9.17, 15) is 51.9 Å². The molecule has 773 valence electrons. The summed E-state index contributed by atoms with van der Waals surface area (Å²) < 4.78 is 174. The number of ether oxygens (including phenoxy) is 9. The zero-order valence-electron chi connectivity index (χ0n) is 82.3. The van der Waals surface area contributed by atoms with Crippen LogP contribution in [0.1, 0.15) is 216 Å². The van der Waals surface area contributed by atoms with Gasteiger partial charge >= 0.3 is 24.9 Å². The molecule has 3 saturated heterocycles. The number of rotatable bonds is 10. The van der Waals surface area contributed by atoms with Gasteiger partial charge in [0.2, 0.25) is 47.1 Å². The Labute approximate surface area is 864 Å². The van der Waals surface area contributed by atoms with Gasteiger partial charge in [0.05, 0.1) is 52.9 Å². The first kappa shape index (κ1) is 112. The van der Waals surface area contributed by atoms with E-state index in [2.05, 4.69) is 55.6 Å². The maximum Gasteiger partial charge on any atom is 0.408 e. The Balaban J connectivity index is 0.000000191. The molecule has 3 N–H and O–H groups in total. The number of amides is 6. The summed E-state index contributed by atoms with van der Waals surface area (Å²) in [4.78, 5) is 151. The standard InChI is InChI=1S/C36H42F2N5O6.C35H40F2N5O6.C31H36F4N3O6.3V/c1-6-24-27(19-44)43-18-28(24)48-31-25(15-21-10-11-23(16-26(21)41-31)47-29-12-14-39-20-40-29)36(37,38)13-8-7-9-22-17-35(22,5)49-33(46)42-30(32(43)45)34(2,3)4;1-20-26(18-43)42-17-27(20)47-30-24(14-21-9-10-23(15-25(21)40-30)46-28-11-13-38-19-39-28)35(36,37)12-7-6-8-22-16-34(22,5)48-32(45)41-29(31(42)44)33(2,3)4;1-16-22(15-39)38-14-24(16)43-26-20(11-17-8-9-19(42-28(32)33)13-21(17)36-26)31(34,35)10-6-5-7-18-12-23(18)44-29(41)37-25(27(38)40)30(2,3)4;;;/h10-12,14-16,20,22,24,27-28,30H,6-9,13,17-18H2,1-5H3,(H,42,46);9-11,13-15,19-20,22,26-27,29H,6-8,12,16-17H2,1-5H3,(H,41,45);8-9,11,13,16,18,22-25,28H,5-7,10,12,14H2,1-4H3,(H,37,41);;;/q3*-1;;;/t22-,24+,27-,28+,30-,35-;20-,22+,26+,27-,29+,34+;16-,18+,22+,23+,24-,25+;;;/m100.../s1. The number of pyridine rings is 3. The molecule has 3 aliphatic carbocycles. The molecule has 6 fully saturated rings. The second-order valence-electron chi connectivity index (χ2n) is 42.0. The predicted octanol–water partition coefficient (Wildman–Crippen LogP) is 18.3. The summed E-state index contributed by atoms with van der Waals surface area (Å²) in [5.41, 5.74) is -4.20. The minimum Gasteiger partial charge on any atom is -0.540 e. The Morgan fingerprint density at radius 3 is 1.17 bits per heavy atom. The molecule has 144 heavy (non-hydrogen) atoms. The average Bonchev–Trinajstić information content (AvgIpc) is 1.51. The molecule has 8 aromatic rings. The summed E-state index contributed by atoms with van der Waals surface area (Å²) in [6.07, 6.45) is 11.0. The van der Waals surface area contributed by atoms with Gasteiger partial charge in [-0.05, 0) is 166 Å². The minimum atomic E-state index is -3.37. The van der Waals surface area contributed by atoms with Crippen LogP contribution in [0.2, 0.25) is 0 Å². The predicted molar refractivity (Wildman–Crippen MR) is 496 cm³/mol. The summed E-state index contributed by atoms with van der Waals surface area (Å²) >= 11 is 0. The van der Waals surface area contributed by atoms with E-state index in [1.165, 1.54) is 76.1 Å². The zero-order valence-corrected chi connectivity index (χ0v) is 86.5. The fraction of sp³-hybridized carbons (Fsp3) is 0.569. The van der Waals surface area contributed by atoms with Gasteiger partial charge in [0.25, 0.3) is 17.8 Å². The molecule has 17 rings (SSSR count). The second kappa shape index (κ2) is 44.9. The number of benzene rings is 3. The number of carbonyl (C=O) groups is 6. The van der Waals surface area contributed by atoms with E-state index in [-0.39, 0.29) is 158 Å². The summed E-state index contributed by atoms with van der Waals surface area (Å²) in [6.45, 7) is 21.4.